The summed E-state index contributed by atoms with van der Waals surface area (Å²) in [7, 11) is 0. The van der Waals surface area contributed by atoms with E-state index in [1.165, 1.54) is 18.3 Å². The second-order valence-electron chi connectivity index (χ2n) is 6.24. The van der Waals surface area contributed by atoms with Crippen molar-refractivity contribution < 1.29 is 14.3 Å². The van der Waals surface area contributed by atoms with Gasteiger partial charge in [0.15, 0.2) is 6.10 Å². The van der Waals surface area contributed by atoms with Crippen molar-refractivity contribution in [1.82, 2.24) is 9.55 Å². The van der Waals surface area contributed by atoms with E-state index in [9.17, 15) is 9.59 Å². The highest BCUT2D eigenvalue weighted by molar-refractivity contribution is 6.29. The Labute approximate surface area is 162 Å². The second-order valence-corrected chi connectivity index (χ2v) is 6.62. The molecule has 0 bridgehead atoms. The molecule has 2 aromatic heterocycles. The Kier molecular flexibility index (Phi) is 5.42. The summed E-state index contributed by atoms with van der Waals surface area (Å²) in [6.07, 6.45) is 0.404. The zero-order valence-corrected chi connectivity index (χ0v) is 16.0. The van der Waals surface area contributed by atoms with E-state index in [1.807, 2.05) is 54.8 Å². The molecule has 3 aromatic rings. The van der Waals surface area contributed by atoms with Crippen molar-refractivity contribution in [3.8, 4) is 5.69 Å². The molecule has 6 heteroatoms. The molecular weight excluding hydrogens is 364 g/mol. The molecule has 27 heavy (non-hydrogen) atoms. The number of para-hydroxylation sites is 1. The zero-order chi connectivity index (χ0) is 19.6. The van der Waals surface area contributed by atoms with Gasteiger partial charge >= 0.3 is 5.97 Å². The van der Waals surface area contributed by atoms with Crippen LogP contribution in [0, 0.1) is 13.8 Å². The molecule has 0 radical (unpaired) electrons. The van der Waals surface area contributed by atoms with Crippen LogP contribution >= 0.6 is 11.6 Å². The van der Waals surface area contributed by atoms with E-state index in [-0.39, 0.29) is 16.5 Å². The van der Waals surface area contributed by atoms with Crippen molar-refractivity contribution in [2.45, 2.75) is 26.9 Å². The monoisotopic (exact) mass is 382 g/mol. The maximum atomic E-state index is 12.9. The number of aromatic nitrogens is 2. The van der Waals surface area contributed by atoms with Crippen LogP contribution in [0.3, 0.4) is 0 Å². The number of Topliss-reactive ketones (excluding diaryl/α,β-unsaturated/α-hetero) is 1. The van der Waals surface area contributed by atoms with Crippen molar-refractivity contribution in [1.29, 1.82) is 0 Å². The van der Waals surface area contributed by atoms with Crippen LogP contribution in [0.4, 0.5) is 0 Å². The molecule has 5 nitrogen and oxygen atoms in total. The molecule has 2 heterocycles. The molecule has 3 rings (SSSR count). The first kappa shape index (κ1) is 18.9. The molecular formula is C21H19ClN2O3. The summed E-state index contributed by atoms with van der Waals surface area (Å²) in [6, 6.07) is 14.6. The summed E-state index contributed by atoms with van der Waals surface area (Å²) in [5.74, 6) is -0.863. The highest BCUT2D eigenvalue weighted by Crippen LogP contribution is 2.22. The molecule has 0 unspecified atom stereocenters. The minimum Gasteiger partial charge on any atom is -0.451 e. The fourth-order valence-corrected chi connectivity index (χ4v) is 3.10. The maximum Gasteiger partial charge on any atom is 0.340 e. The normalized spacial score (nSPS) is 11.9. The highest BCUT2D eigenvalue weighted by atomic mass is 35.5. The van der Waals surface area contributed by atoms with E-state index in [4.69, 9.17) is 16.3 Å². The SMILES string of the molecule is Cc1cc(C(=O)[C@@H](C)OC(=O)c2ccc(Cl)nc2)c(C)n1-c1ccccc1. The smallest absolute Gasteiger partial charge is 0.340 e. The summed E-state index contributed by atoms with van der Waals surface area (Å²) in [5, 5.41) is 0.282. The number of esters is 1. The van der Waals surface area contributed by atoms with Crippen LogP contribution in [0.2, 0.25) is 5.15 Å². The van der Waals surface area contributed by atoms with Gasteiger partial charge in [0.1, 0.15) is 5.15 Å². The van der Waals surface area contributed by atoms with Crippen molar-refractivity contribution in [2.75, 3.05) is 0 Å². The van der Waals surface area contributed by atoms with Crippen LogP contribution in [-0.4, -0.2) is 27.4 Å². The number of ether oxygens (including phenoxy) is 1. The van der Waals surface area contributed by atoms with Gasteiger partial charge in [0, 0.05) is 28.8 Å². The van der Waals surface area contributed by atoms with Gasteiger partial charge in [0.2, 0.25) is 5.78 Å². The number of ketones is 1. The lowest BCUT2D eigenvalue weighted by atomic mass is 10.1. The Morgan fingerprint density at radius 3 is 2.44 bits per heavy atom. The van der Waals surface area contributed by atoms with Crippen molar-refractivity contribution >= 4 is 23.4 Å². The van der Waals surface area contributed by atoms with E-state index in [0.717, 1.165) is 17.1 Å². The Balaban J connectivity index is 1.81. The van der Waals surface area contributed by atoms with E-state index >= 15 is 0 Å². The molecule has 1 atom stereocenters. The number of carbonyl (C=O) groups is 2. The van der Waals surface area contributed by atoms with Crippen LogP contribution in [-0.2, 0) is 4.74 Å². The molecule has 0 saturated heterocycles. The first-order valence-corrected chi connectivity index (χ1v) is 8.87. The first-order valence-electron chi connectivity index (χ1n) is 8.49. The minimum atomic E-state index is -0.919. The molecule has 138 valence electrons. The Bertz CT molecular complexity index is 979. The Morgan fingerprint density at radius 1 is 1.11 bits per heavy atom. The highest BCUT2D eigenvalue weighted by Gasteiger charge is 2.24. The standard InChI is InChI=1S/C21H19ClN2O3/c1-13-11-18(14(2)24(13)17-7-5-4-6-8-17)20(25)15(3)27-21(26)16-9-10-19(22)23-12-16/h4-12,15H,1-3H3/t15-/m1/s1. The Hall–Kier alpha value is -2.92. The number of aryl methyl sites for hydroxylation is 1. The molecule has 0 amide bonds. The van der Waals surface area contributed by atoms with E-state index in [1.54, 1.807) is 6.92 Å². The van der Waals surface area contributed by atoms with Crippen LogP contribution in [0.25, 0.3) is 5.69 Å². The fourth-order valence-electron chi connectivity index (χ4n) is 2.98. The summed E-state index contributed by atoms with van der Waals surface area (Å²) in [6.45, 7) is 5.38. The number of halogens is 1. The van der Waals surface area contributed by atoms with E-state index in [0.29, 0.717) is 5.56 Å². The second kappa shape index (κ2) is 7.76. The van der Waals surface area contributed by atoms with Gasteiger partial charge in [-0.1, -0.05) is 29.8 Å². The number of benzene rings is 1. The lowest BCUT2D eigenvalue weighted by Crippen LogP contribution is -2.25. The van der Waals surface area contributed by atoms with Gasteiger partial charge in [-0.15, -0.1) is 0 Å². The lowest BCUT2D eigenvalue weighted by molar-refractivity contribution is 0.0318. The molecule has 0 aliphatic carbocycles. The van der Waals surface area contributed by atoms with Crippen molar-refractivity contribution in [2.24, 2.45) is 0 Å². The molecule has 0 spiro atoms. The molecule has 0 aliphatic rings. The minimum absolute atomic E-state index is 0.244. The molecule has 0 saturated carbocycles. The first-order chi connectivity index (χ1) is 12.9. The summed E-state index contributed by atoms with van der Waals surface area (Å²) < 4.78 is 7.33. The quantitative estimate of drug-likeness (QED) is 0.368. The molecule has 0 fully saturated rings. The number of hydrogen-bond donors (Lipinski definition) is 0. The predicted octanol–water partition coefficient (Wildman–Crippen LogP) is 4.57. The maximum absolute atomic E-state index is 12.9. The molecule has 1 aromatic carbocycles. The average molecular weight is 383 g/mol. The summed E-state index contributed by atoms with van der Waals surface area (Å²) in [5.41, 5.74) is 3.49. The van der Waals surface area contributed by atoms with Gasteiger partial charge in [-0.2, -0.15) is 0 Å². The zero-order valence-electron chi connectivity index (χ0n) is 15.3. The summed E-state index contributed by atoms with van der Waals surface area (Å²) in [4.78, 5) is 28.9. The largest absolute Gasteiger partial charge is 0.451 e. The molecule has 0 aliphatic heterocycles. The van der Waals surface area contributed by atoms with Gasteiger partial charge in [0.25, 0.3) is 0 Å². The number of nitrogens with zero attached hydrogens (tertiary/aromatic N) is 2. The average Bonchev–Trinajstić information content (AvgIpc) is 2.96. The van der Waals surface area contributed by atoms with Gasteiger partial charge in [-0.25, -0.2) is 9.78 Å². The third-order valence-corrected chi connectivity index (χ3v) is 4.55. The van der Waals surface area contributed by atoms with Gasteiger partial charge in [-0.3, -0.25) is 4.79 Å². The van der Waals surface area contributed by atoms with E-state index in [2.05, 4.69) is 4.98 Å². The van der Waals surface area contributed by atoms with Crippen molar-refractivity contribution in [3.63, 3.8) is 0 Å². The molecule has 0 N–H and O–H groups in total. The number of carbonyl (C=O) groups excluding carboxylic acids is 2. The Morgan fingerprint density at radius 2 is 1.81 bits per heavy atom. The van der Waals surface area contributed by atoms with Gasteiger partial charge < -0.3 is 9.30 Å². The topological polar surface area (TPSA) is 61.2 Å². The number of hydrogen-bond acceptors (Lipinski definition) is 4. The number of pyridine rings is 1. The predicted molar refractivity (Wildman–Crippen MR) is 104 cm³/mol. The van der Waals surface area contributed by atoms with Gasteiger partial charge in [-0.05, 0) is 51.1 Å². The third-order valence-electron chi connectivity index (χ3n) is 4.33. The number of rotatable bonds is 5. The lowest BCUT2D eigenvalue weighted by Gasteiger charge is -2.13. The van der Waals surface area contributed by atoms with E-state index < -0.39 is 12.1 Å². The van der Waals surface area contributed by atoms with Crippen LogP contribution in [0.15, 0.2) is 54.7 Å². The fraction of sp³-hybridized carbons (Fsp3) is 0.190. The van der Waals surface area contributed by atoms with Crippen LogP contribution in [0.1, 0.15) is 39.0 Å². The van der Waals surface area contributed by atoms with Crippen LogP contribution in [0.5, 0.6) is 0 Å². The third kappa shape index (κ3) is 3.93. The van der Waals surface area contributed by atoms with Crippen LogP contribution < -0.4 is 0 Å². The van der Waals surface area contributed by atoms with Crippen molar-refractivity contribution in [3.05, 3.63) is 82.4 Å². The summed E-state index contributed by atoms with van der Waals surface area (Å²) >= 11 is 5.72. The van der Waals surface area contributed by atoms with Gasteiger partial charge in [0.05, 0.1) is 5.56 Å².